The highest BCUT2D eigenvalue weighted by Crippen LogP contribution is 2.27. The van der Waals surface area contributed by atoms with E-state index in [1.807, 2.05) is 61.5 Å². The number of hydrogen-bond acceptors (Lipinski definition) is 5. The van der Waals surface area contributed by atoms with Crippen molar-refractivity contribution in [3.63, 3.8) is 0 Å². The van der Waals surface area contributed by atoms with E-state index in [4.69, 9.17) is 4.98 Å². The van der Waals surface area contributed by atoms with Crippen molar-refractivity contribution in [2.24, 2.45) is 0 Å². The van der Waals surface area contributed by atoms with E-state index >= 15 is 0 Å². The summed E-state index contributed by atoms with van der Waals surface area (Å²) in [6, 6.07) is 18.3. The molecule has 5 heteroatoms. The van der Waals surface area contributed by atoms with Crippen molar-refractivity contribution >= 4 is 34.4 Å². The molecule has 0 aliphatic carbocycles. The van der Waals surface area contributed by atoms with Crippen LogP contribution in [0.2, 0.25) is 0 Å². The molecule has 0 radical (unpaired) electrons. The molecule has 0 aliphatic heterocycles. The van der Waals surface area contributed by atoms with Gasteiger partial charge in [0.1, 0.15) is 0 Å². The zero-order valence-corrected chi connectivity index (χ0v) is 16.4. The predicted molar refractivity (Wildman–Crippen MR) is 118 cm³/mol. The number of aliphatic hydroxyl groups is 2. The van der Waals surface area contributed by atoms with Crippen molar-refractivity contribution in [2.45, 2.75) is 0 Å². The van der Waals surface area contributed by atoms with Crippen LogP contribution in [0.4, 0.5) is 11.4 Å². The van der Waals surface area contributed by atoms with Gasteiger partial charge in [-0.15, -0.1) is 0 Å². The van der Waals surface area contributed by atoms with Gasteiger partial charge in [0.05, 0.1) is 24.4 Å². The van der Waals surface area contributed by atoms with Crippen LogP contribution in [0, 0.1) is 0 Å². The summed E-state index contributed by atoms with van der Waals surface area (Å²) in [5, 5.41) is 19.9. The number of anilines is 2. The number of hydrogen-bond donors (Lipinski definition) is 2. The minimum atomic E-state index is 0.0278. The van der Waals surface area contributed by atoms with Gasteiger partial charge in [-0.2, -0.15) is 0 Å². The smallest absolute Gasteiger partial charge is 0.0730 e. The zero-order chi connectivity index (χ0) is 19.9. The molecule has 0 fully saturated rings. The van der Waals surface area contributed by atoms with E-state index in [0.717, 1.165) is 33.5 Å². The molecule has 0 aliphatic rings. The second kappa shape index (κ2) is 9.35. The fraction of sp³-hybridized carbons (Fsp3) is 0.261. The Bertz CT molecular complexity index is 930. The van der Waals surface area contributed by atoms with Crippen LogP contribution >= 0.6 is 0 Å². The number of benzene rings is 2. The van der Waals surface area contributed by atoms with Crippen molar-refractivity contribution < 1.29 is 10.2 Å². The monoisotopic (exact) mass is 377 g/mol. The van der Waals surface area contributed by atoms with E-state index < -0.39 is 0 Å². The summed E-state index contributed by atoms with van der Waals surface area (Å²) in [6.07, 6.45) is 4.04. The Morgan fingerprint density at radius 1 is 0.893 bits per heavy atom. The molecule has 0 bridgehead atoms. The summed E-state index contributed by atoms with van der Waals surface area (Å²) in [7, 11) is 4.05. The maximum absolute atomic E-state index is 9.42. The number of nitrogens with zero attached hydrogens (tertiary/aromatic N) is 3. The second-order valence-corrected chi connectivity index (χ2v) is 6.84. The maximum atomic E-state index is 9.42. The predicted octanol–water partition coefficient (Wildman–Crippen LogP) is 3.26. The first-order chi connectivity index (χ1) is 13.6. The van der Waals surface area contributed by atoms with Crippen molar-refractivity contribution in [3.05, 3.63) is 65.9 Å². The van der Waals surface area contributed by atoms with E-state index in [-0.39, 0.29) is 13.2 Å². The van der Waals surface area contributed by atoms with Gasteiger partial charge in [0, 0.05) is 43.9 Å². The van der Waals surface area contributed by atoms with Gasteiger partial charge in [-0.25, -0.2) is 4.98 Å². The summed E-state index contributed by atoms with van der Waals surface area (Å²) in [5.41, 5.74) is 4.96. The van der Waals surface area contributed by atoms with E-state index in [1.54, 1.807) is 0 Å². The molecular weight excluding hydrogens is 350 g/mol. The van der Waals surface area contributed by atoms with E-state index in [2.05, 4.69) is 29.2 Å². The molecule has 3 rings (SSSR count). The van der Waals surface area contributed by atoms with Gasteiger partial charge in [-0.3, -0.25) is 0 Å². The standard InChI is InChI=1S/C23H27N3O2/c1-25(2)20-11-8-18(9-12-20)7-10-19-17-23(26(13-15-27)14-16-28)21-5-3-4-6-22(21)24-19/h3-12,17,27-28H,13-16H2,1-2H3. The van der Waals surface area contributed by atoms with Gasteiger partial charge in [0.2, 0.25) is 0 Å². The third-order valence-electron chi connectivity index (χ3n) is 4.65. The molecule has 2 N–H and O–H groups in total. The number of aromatic nitrogens is 1. The number of pyridine rings is 1. The average molecular weight is 377 g/mol. The zero-order valence-electron chi connectivity index (χ0n) is 16.4. The van der Waals surface area contributed by atoms with Crippen LogP contribution < -0.4 is 9.80 Å². The SMILES string of the molecule is CN(C)c1ccc(C=Cc2cc(N(CCO)CCO)c3ccccc3n2)cc1. The molecule has 1 heterocycles. The Kier molecular flexibility index (Phi) is 6.63. The fourth-order valence-corrected chi connectivity index (χ4v) is 3.18. The highest BCUT2D eigenvalue weighted by molar-refractivity contribution is 5.93. The van der Waals surface area contributed by atoms with Gasteiger partial charge in [-0.1, -0.05) is 36.4 Å². The van der Waals surface area contributed by atoms with Crippen molar-refractivity contribution in [1.82, 2.24) is 4.98 Å². The summed E-state index contributed by atoms with van der Waals surface area (Å²) in [5.74, 6) is 0. The van der Waals surface area contributed by atoms with Crippen LogP contribution in [0.3, 0.4) is 0 Å². The Labute approximate surface area is 166 Å². The van der Waals surface area contributed by atoms with Gasteiger partial charge in [-0.05, 0) is 35.9 Å². The average Bonchev–Trinajstić information content (AvgIpc) is 2.72. The second-order valence-electron chi connectivity index (χ2n) is 6.84. The minimum absolute atomic E-state index is 0.0278. The van der Waals surface area contributed by atoms with Gasteiger partial charge >= 0.3 is 0 Å². The van der Waals surface area contributed by atoms with Crippen molar-refractivity contribution in [2.75, 3.05) is 50.2 Å². The first-order valence-electron chi connectivity index (χ1n) is 9.44. The highest BCUT2D eigenvalue weighted by Gasteiger charge is 2.11. The molecule has 5 nitrogen and oxygen atoms in total. The Morgan fingerprint density at radius 2 is 1.57 bits per heavy atom. The molecule has 2 aromatic carbocycles. The lowest BCUT2D eigenvalue weighted by Crippen LogP contribution is -2.30. The lowest BCUT2D eigenvalue weighted by molar-refractivity contribution is 0.281. The molecule has 1 aromatic heterocycles. The third-order valence-corrected chi connectivity index (χ3v) is 4.65. The summed E-state index contributed by atoms with van der Waals surface area (Å²) >= 11 is 0. The summed E-state index contributed by atoms with van der Waals surface area (Å²) < 4.78 is 0. The minimum Gasteiger partial charge on any atom is -0.395 e. The Balaban J connectivity index is 1.96. The van der Waals surface area contributed by atoms with Crippen molar-refractivity contribution in [1.29, 1.82) is 0 Å². The van der Waals surface area contributed by atoms with Crippen molar-refractivity contribution in [3.8, 4) is 0 Å². The third kappa shape index (κ3) is 4.68. The van der Waals surface area contributed by atoms with Gasteiger partial charge < -0.3 is 20.0 Å². The quantitative estimate of drug-likeness (QED) is 0.631. The number of aliphatic hydroxyl groups excluding tert-OH is 2. The Morgan fingerprint density at radius 3 is 2.21 bits per heavy atom. The molecule has 0 unspecified atom stereocenters. The highest BCUT2D eigenvalue weighted by atomic mass is 16.3. The first kappa shape index (κ1) is 19.9. The first-order valence-corrected chi connectivity index (χ1v) is 9.44. The van der Waals surface area contributed by atoms with Gasteiger partial charge in [0.25, 0.3) is 0 Å². The van der Waals surface area contributed by atoms with Crippen LogP contribution in [0.1, 0.15) is 11.3 Å². The summed E-state index contributed by atoms with van der Waals surface area (Å²) in [6.45, 7) is 0.980. The molecule has 3 aromatic rings. The van der Waals surface area contributed by atoms with E-state index in [9.17, 15) is 10.2 Å². The normalized spacial score (nSPS) is 11.3. The van der Waals surface area contributed by atoms with E-state index in [1.165, 1.54) is 0 Å². The molecule has 0 saturated heterocycles. The van der Waals surface area contributed by atoms with Gasteiger partial charge in [0.15, 0.2) is 0 Å². The van der Waals surface area contributed by atoms with E-state index in [0.29, 0.717) is 13.1 Å². The number of para-hydroxylation sites is 1. The lowest BCUT2D eigenvalue weighted by atomic mass is 10.1. The van der Waals surface area contributed by atoms with Crippen LogP contribution in [0.5, 0.6) is 0 Å². The molecule has 0 atom stereocenters. The number of rotatable bonds is 8. The Hall–Kier alpha value is -2.89. The molecule has 0 saturated carbocycles. The lowest BCUT2D eigenvalue weighted by Gasteiger charge is -2.24. The molecule has 0 amide bonds. The number of fused-ring (bicyclic) bond motifs is 1. The molecule has 28 heavy (non-hydrogen) atoms. The van der Waals surface area contributed by atoms with Crippen LogP contribution in [-0.4, -0.2) is 55.6 Å². The molecule has 0 spiro atoms. The van der Waals surface area contributed by atoms with Crippen LogP contribution in [0.15, 0.2) is 54.6 Å². The summed E-state index contributed by atoms with van der Waals surface area (Å²) in [4.78, 5) is 8.82. The largest absolute Gasteiger partial charge is 0.395 e. The maximum Gasteiger partial charge on any atom is 0.0730 e. The topological polar surface area (TPSA) is 59.8 Å². The fourth-order valence-electron chi connectivity index (χ4n) is 3.18. The van der Waals surface area contributed by atoms with Crippen LogP contribution in [0.25, 0.3) is 23.1 Å². The molecular formula is C23H27N3O2. The van der Waals surface area contributed by atoms with Crippen LogP contribution in [-0.2, 0) is 0 Å². The molecule has 146 valence electrons.